The second-order valence-electron chi connectivity index (χ2n) is 10.3. The molecule has 39 heavy (non-hydrogen) atoms. The number of nitrogens with one attached hydrogen (secondary N) is 2. The third-order valence-electron chi connectivity index (χ3n) is 7.87. The van der Waals surface area contributed by atoms with Gasteiger partial charge in [-0.2, -0.15) is 0 Å². The zero-order valence-corrected chi connectivity index (χ0v) is 23.2. The van der Waals surface area contributed by atoms with Gasteiger partial charge in [-0.05, 0) is 56.2 Å². The highest BCUT2D eigenvalue weighted by atomic mass is 16.2. The van der Waals surface area contributed by atoms with E-state index in [4.69, 9.17) is 0 Å². The number of hydrogen-bond donors (Lipinski definition) is 2. The number of hydrogen-bond acceptors (Lipinski definition) is 3. The lowest BCUT2D eigenvalue weighted by molar-refractivity contribution is -0.121. The van der Waals surface area contributed by atoms with E-state index in [1.165, 1.54) is 5.56 Å². The highest BCUT2D eigenvalue weighted by Crippen LogP contribution is 2.45. The molecule has 6 nitrogen and oxygen atoms in total. The van der Waals surface area contributed by atoms with Gasteiger partial charge < -0.3 is 20.1 Å². The van der Waals surface area contributed by atoms with E-state index in [0.717, 1.165) is 59.3 Å². The Labute approximate surface area is 231 Å². The van der Waals surface area contributed by atoms with Crippen molar-refractivity contribution in [1.82, 2.24) is 20.1 Å². The second-order valence-corrected chi connectivity index (χ2v) is 10.3. The molecule has 2 N–H and O–H groups in total. The van der Waals surface area contributed by atoms with Gasteiger partial charge in [-0.3, -0.25) is 9.59 Å². The van der Waals surface area contributed by atoms with Crippen molar-refractivity contribution < 1.29 is 9.59 Å². The summed E-state index contributed by atoms with van der Waals surface area (Å²) in [5.41, 5.74) is 7.09. The molecular weight excluding hydrogens is 484 g/mol. The smallest absolute Gasteiger partial charge is 0.255 e. The van der Waals surface area contributed by atoms with Crippen molar-refractivity contribution in [3.8, 4) is 11.3 Å². The number of para-hydroxylation sites is 1. The van der Waals surface area contributed by atoms with Crippen molar-refractivity contribution in [3.63, 3.8) is 0 Å². The minimum atomic E-state index is -0.281. The molecule has 2 heterocycles. The van der Waals surface area contributed by atoms with E-state index in [1.807, 2.05) is 41.3 Å². The summed E-state index contributed by atoms with van der Waals surface area (Å²) in [5, 5.41) is 4.15. The van der Waals surface area contributed by atoms with Crippen LogP contribution in [0.4, 0.5) is 0 Å². The van der Waals surface area contributed by atoms with Crippen molar-refractivity contribution in [2.75, 3.05) is 32.7 Å². The summed E-state index contributed by atoms with van der Waals surface area (Å²) in [6.45, 7) is 10.4. The van der Waals surface area contributed by atoms with Gasteiger partial charge in [0.15, 0.2) is 0 Å². The Balaban J connectivity index is 1.44. The number of H-pyrrole nitrogens is 1. The third-order valence-corrected chi connectivity index (χ3v) is 7.87. The summed E-state index contributed by atoms with van der Waals surface area (Å²) in [4.78, 5) is 34.4. The number of rotatable bonds is 11. The van der Waals surface area contributed by atoms with Crippen LogP contribution in [0.3, 0.4) is 0 Å². The summed E-state index contributed by atoms with van der Waals surface area (Å²) in [6.07, 6.45) is 1.18. The summed E-state index contributed by atoms with van der Waals surface area (Å²) < 4.78 is 0. The van der Waals surface area contributed by atoms with Crippen LogP contribution >= 0.6 is 0 Å². The molecule has 0 aliphatic carbocycles. The van der Waals surface area contributed by atoms with Gasteiger partial charge in [0, 0.05) is 41.5 Å². The van der Waals surface area contributed by atoms with Crippen molar-refractivity contribution in [3.05, 3.63) is 95.1 Å². The first-order valence-electron chi connectivity index (χ1n) is 14.1. The molecule has 3 aromatic carbocycles. The number of carbonyl (C=O) groups is 2. The van der Waals surface area contributed by atoms with Gasteiger partial charge in [-0.1, -0.05) is 80.1 Å². The van der Waals surface area contributed by atoms with Gasteiger partial charge >= 0.3 is 0 Å². The minimum Gasteiger partial charge on any atom is -0.356 e. The first-order chi connectivity index (χ1) is 19.0. The first-order valence-corrected chi connectivity index (χ1v) is 14.1. The fraction of sp³-hybridized carbons (Fsp3) is 0.333. The monoisotopic (exact) mass is 522 g/mol. The third kappa shape index (κ3) is 5.48. The quantitative estimate of drug-likeness (QED) is 0.240. The van der Waals surface area contributed by atoms with Gasteiger partial charge in [-0.25, -0.2) is 0 Å². The Bertz CT molecular complexity index is 1450. The maximum absolute atomic E-state index is 13.7. The van der Waals surface area contributed by atoms with Crippen molar-refractivity contribution >= 4 is 22.7 Å². The molecule has 5 rings (SSSR count). The van der Waals surface area contributed by atoms with Crippen molar-refractivity contribution in [1.29, 1.82) is 0 Å². The van der Waals surface area contributed by atoms with E-state index in [-0.39, 0.29) is 24.3 Å². The Morgan fingerprint density at radius 2 is 1.69 bits per heavy atom. The molecule has 202 valence electrons. The zero-order valence-electron chi connectivity index (χ0n) is 23.2. The molecule has 0 saturated carbocycles. The number of benzene rings is 3. The lowest BCUT2D eigenvalue weighted by atomic mass is 9.93. The second kappa shape index (κ2) is 11.9. The molecule has 1 atom stereocenters. The van der Waals surface area contributed by atoms with Crippen LogP contribution in [0.2, 0.25) is 0 Å². The topological polar surface area (TPSA) is 68.4 Å². The predicted molar refractivity (Wildman–Crippen MR) is 158 cm³/mol. The van der Waals surface area contributed by atoms with Crippen LogP contribution < -0.4 is 5.32 Å². The van der Waals surface area contributed by atoms with Gasteiger partial charge in [0.2, 0.25) is 5.91 Å². The Kier molecular flexibility index (Phi) is 8.13. The lowest BCUT2D eigenvalue weighted by Crippen LogP contribution is -2.35. The van der Waals surface area contributed by atoms with Crippen LogP contribution in [0.5, 0.6) is 0 Å². The Hall–Kier alpha value is -3.90. The molecular formula is C33H38N4O2. The van der Waals surface area contributed by atoms with Crippen molar-refractivity contribution in [2.24, 2.45) is 0 Å². The Morgan fingerprint density at radius 1 is 0.974 bits per heavy atom. The van der Waals surface area contributed by atoms with E-state index in [1.54, 1.807) is 0 Å². The summed E-state index contributed by atoms with van der Waals surface area (Å²) in [7, 11) is 0. The van der Waals surface area contributed by atoms with Crippen LogP contribution in [-0.4, -0.2) is 59.3 Å². The molecule has 0 saturated heterocycles. The molecule has 1 aliphatic heterocycles. The van der Waals surface area contributed by atoms with Gasteiger partial charge in [0.1, 0.15) is 0 Å². The molecule has 1 aliphatic rings. The van der Waals surface area contributed by atoms with Crippen LogP contribution in [0.1, 0.15) is 59.8 Å². The highest BCUT2D eigenvalue weighted by molar-refractivity contribution is 6.02. The summed E-state index contributed by atoms with van der Waals surface area (Å²) in [6, 6.07) is 24.3. The number of aromatic amines is 1. The highest BCUT2D eigenvalue weighted by Gasteiger charge is 2.40. The van der Waals surface area contributed by atoms with E-state index in [0.29, 0.717) is 18.7 Å². The summed E-state index contributed by atoms with van der Waals surface area (Å²) >= 11 is 0. The molecule has 0 fully saturated rings. The molecule has 1 aromatic heterocycles. The number of carbonyl (C=O) groups excluding carboxylic acids is 2. The van der Waals surface area contributed by atoms with E-state index in [2.05, 4.69) is 72.4 Å². The number of nitrogens with zero attached hydrogens (tertiary/aromatic N) is 2. The number of amides is 2. The fourth-order valence-corrected chi connectivity index (χ4v) is 5.69. The maximum atomic E-state index is 13.7. The normalized spacial score (nSPS) is 14.8. The molecule has 0 radical (unpaired) electrons. The largest absolute Gasteiger partial charge is 0.356 e. The molecule has 6 heteroatoms. The predicted octanol–water partition coefficient (Wildman–Crippen LogP) is 5.93. The van der Waals surface area contributed by atoms with E-state index >= 15 is 0 Å². The Morgan fingerprint density at radius 3 is 2.46 bits per heavy atom. The SMILES string of the molecule is CCN(CC)CCCNC(=O)CCN1C(=O)c2ccccc2C1c1c(-c2ccc(C)cc2)[nH]c2ccccc12. The maximum Gasteiger partial charge on any atom is 0.255 e. The minimum absolute atomic E-state index is 0.0188. The van der Waals surface area contributed by atoms with Crippen LogP contribution in [0.25, 0.3) is 22.2 Å². The van der Waals surface area contributed by atoms with Crippen LogP contribution in [0, 0.1) is 6.92 Å². The van der Waals surface area contributed by atoms with Gasteiger partial charge in [0.25, 0.3) is 5.91 Å². The molecule has 0 bridgehead atoms. The van der Waals surface area contributed by atoms with Crippen LogP contribution in [-0.2, 0) is 4.79 Å². The molecule has 1 unspecified atom stereocenters. The summed E-state index contributed by atoms with van der Waals surface area (Å²) in [5.74, 6) is -0.0418. The first kappa shape index (κ1) is 26.7. The van der Waals surface area contributed by atoms with E-state index in [9.17, 15) is 9.59 Å². The van der Waals surface area contributed by atoms with Crippen LogP contribution in [0.15, 0.2) is 72.8 Å². The number of aryl methyl sites for hydroxylation is 1. The van der Waals surface area contributed by atoms with E-state index < -0.39 is 0 Å². The standard InChI is InChI=1S/C33H38N4O2/c1-4-36(5-2)21-10-20-34-29(38)19-22-37-32(25-11-6-7-12-26(25)33(37)39)30-27-13-8-9-14-28(27)35-31(30)24-17-15-23(3)16-18-24/h6-9,11-18,32,35H,4-5,10,19-22H2,1-3H3,(H,34,38). The molecule has 4 aromatic rings. The molecule has 0 spiro atoms. The average Bonchev–Trinajstić information content (AvgIpc) is 3.47. The number of fused-ring (bicyclic) bond motifs is 2. The van der Waals surface area contributed by atoms with Crippen molar-refractivity contribution in [2.45, 2.75) is 39.7 Å². The number of aromatic nitrogens is 1. The average molecular weight is 523 g/mol. The fourth-order valence-electron chi connectivity index (χ4n) is 5.69. The van der Waals surface area contributed by atoms with Gasteiger partial charge in [0.05, 0.1) is 11.7 Å². The molecule has 2 amide bonds. The van der Waals surface area contributed by atoms with Gasteiger partial charge in [-0.15, -0.1) is 0 Å². The lowest BCUT2D eigenvalue weighted by Gasteiger charge is -2.26. The zero-order chi connectivity index (χ0) is 27.4.